The molecule has 0 heterocycles. The summed E-state index contributed by atoms with van der Waals surface area (Å²) in [5.74, 6) is -0.556. The van der Waals surface area contributed by atoms with Crippen LogP contribution in [0.15, 0.2) is 18.2 Å². The number of aryl methyl sites for hydroxylation is 2. The number of benzene rings is 1. The van der Waals surface area contributed by atoms with Crippen LogP contribution in [0.3, 0.4) is 0 Å². The highest BCUT2D eigenvalue weighted by molar-refractivity contribution is 6.01. The van der Waals surface area contributed by atoms with E-state index in [0.29, 0.717) is 0 Å². The first-order valence-electron chi connectivity index (χ1n) is 6.90. The predicted molar refractivity (Wildman–Crippen MR) is 83.4 cm³/mol. The monoisotopic (exact) mass is 292 g/mol. The maximum Gasteiger partial charge on any atom is 0.328 e. The summed E-state index contributed by atoms with van der Waals surface area (Å²) in [6.07, 6.45) is 0. The van der Waals surface area contributed by atoms with Crippen molar-refractivity contribution >= 4 is 17.6 Å². The molecule has 1 aromatic carbocycles. The van der Waals surface area contributed by atoms with Crippen molar-refractivity contribution in [2.24, 2.45) is 0 Å². The molecule has 1 unspecified atom stereocenters. The topological polar surface area (TPSA) is 49.9 Å². The van der Waals surface area contributed by atoms with Gasteiger partial charge in [-0.05, 0) is 46.0 Å². The molecule has 0 aromatic heterocycles. The number of methoxy groups -OCH3 is 1. The molecule has 0 bridgehead atoms. The lowest BCUT2D eigenvalue weighted by molar-refractivity contribution is -0.143. The molecule has 0 N–H and O–H groups in total. The van der Waals surface area contributed by atoms with Crippen LogP contribution in [0, 0.1) is 13.8 Å². The maximum absolute atomic E-state index is 12.6. The normalized spacial score (nSPS) is 12.1. The van der Waals surface area contributed by atoms with E-state index in [1.165, 1.54) is 12.0 Å². The molecule has 0 aliphatic rings. The minimum absolute atomic E-state index is 0.129. The van der Waals surface area contributed by atoms with Gasteiger partial charge in [0.1, 0.15) is 6.04 Å². The summed E-state index contributed by atoms with van der Waals surface area (Å²) >= 11 is 0. The Morgan fingerprint density at radius 2 is 1.71 bits per heavy atom. The molecule has 5 heteroatoms. The fraction of sp³-hybridized carbons (Fsp3) is 0.500. The summed E-state index contributed by atoms with van der Waals surface area (Å²) in [6, 6.07) is 5.14. The largest absolute Gasteiger partial charge is 0.467 e. The van der Waals surface area contributed by atoms with E-state index in [4.69, 9.17) is 4.74 Å². The molecular weight excluding hydrogens is 268 g/mol. The molecule has 1 atom stereocenters. The minimum atomic E-state index is -0.665. The van der Waals surface area contributed by atoms with Crippen LogP contribution in [0.4, 0.5) is 5.69 Å². The zero-order chi connectivity index (χ0) is 16.2. The summed E-state index contributed by atoms with van der Waals surface area (Å²) in [6.45, 7) is 5.78. The number of hydrogen-bond donors (Lipinski definition) is 0. The van der Waals surface area contributed by atoms with Gasteiger partial charge in [-0.1, -0.05) is 18.2 Å². The average molecular weight is 292 g/mol. The molecule has 1 amide bonds. The van der Waals surface area contributed by atoms with E-state index in [2.05, 4.69) is 0 Å². The zero-order valence-electron chi connectivity index (χ0n) is 13.6. The first-order chi connectivity index (χ1) is 9.79. The zero-order valence-corrected chi connectivity index (χ0v) is 13.6. The molecule has 0 radical (unpaired) electrons. The van der Waals surface area contributed by atoms with Crippen molar-refractivity contribution in [1.29, 1.82) is 0 Å². The lowest BCUT2D eigenvalue weighted by Gasteiger charge is -2.31. The number of amides is 1. The number of para-hydroxylation sites is 1. The highest BCUT2D eigenvalue weighted by Crippen LogP contribution is 2.27. The van der Waals surface area contributed by atoms with E-state index in [9.17, 15) is 9.59 Å². The molecule has 0 saturated carbocycles. The molecule has 0 saturated heterocycles. The molecule has 5 nitrogen and oxygen atoms in total. The van der Waals surface area contributed by atoms with Crippen LogP contribution in [0.5, 0.6) is 0 Å². The third-order valence-corrected chi connectivity index (χ3v) is 3.33. The molecule has 0 aliphatic carbocycles. The van der Waals surface area contributed by atoms with E-state index in [-0.39, 0.29) is 12.5 Å². The van der Waals surface area contributed by atoms with Crippen molar-refractivity contribution in [1.82, 2.24) is 4.90 Å². The van der Waals surface area contributed by atoms with E-state index >= 15 is 0 Å². The first kappa shape index (κ1) is 17.2. The van der Waals surface area contributed by atoms with Gasteiger partial charge in [0, 0.05) is 0 Å². The van der Waals surface area contributed by atoms with Crippen molar-refractivity contribution < 1.29 is 14.3 Å². The highest BCUT2D eigenvalue weighted by Gasteiger charge is 2.30. The fourth-order valence-electron chi connectivity index (χ4n) is 2.34. The van der Waals surface area contributed by atoms with Gasteiger partial charge in [0.05, 0.1) is 19.3 Å². The molecule has 0 fully saturated rings. The smallest absolute Gasteiger partial charge is 0.328 e. The SMILES string of the molecule is COC(=O)C(C)N(C(=O)CN(C)C)c1c(C)cccc1C. The second-order valence-corrected chi connectivity index (χ2v) is 5.44. The van der Waals surface area contributed by atoms with E-state index in [0.717, 1.165) is 16.8 Å². The molecule has 1 rings (SSSR count). The van der Waals surface area contributed by atoms with E-state index < -0.39 is 12.0 Å². The Morgan fingerprint density at radius 3 is 2.14 bits per heavy atom. The minimum Gasteiger partial charge on any atom is -0.467 e. The molecular formula is C16H24N2O3. The average Bonchev–Trinajstić information content (AvgIpc) is 2.40. The lowest BCUT2D eigenvalue weighted by atomic mass is 10.1. The van der Waals surface area contributed by atoms with Gasteiger partial charge in [0.25, 0.3) is 0 Å². The van der Waals surface area contributed by atoms with Gasteiger partial charge in [-0.15, -0.1) is 0 Å². The van der Waals surface area contributed by atoms with Gasteiger partial charge >= 0.3 is 5.97 Å². The quantitative estimate of drug-likeness (QED) is 0.776. The van der Waals surface area contributed by atoms with Gasteiger partial charge in [-0.25, -0.2) is 4.79 Å². The third-order valence-electron chi connectivity index (χ3n) is 3.33. The number of carbonyl (C=O) groups is 2. The predicted octanol–water partition coefficient (Wildman–Crippen LogP) is 1.76. The Bertz CT molecular complexity index is 506. The summed E-state index contributed by atoms with van der Waals surface area (Å²) in [4.78, 5) is 27.8. The number of carbonyl (C=O) groups excluding carboxylic acids is 2. The Hall–Kier alpha value is -1.88. The summed E-state index contributed by atoms with van der Waals surface area (Å²) in [5, 5.41) is 0. The molecule has 0 spiro atoms. The van der Waals surface area contributed by atoms with Crippen molar-refractivity contribution in [3.8, 4) is 0 Å². The van der Waals surface area contributed by atoms with Crippen LogP contribution >= 0.6 is 0 Å². The fourth-order valence-corrected chi connectivity index (χ4v) is 2.34. The van der Waals surface area contributed by atoms with Gasteiger partial charge in [-0.3, -0.25) is 9.69 Å². The van der Waals surface area contributed by atoms with Crippen LogP contribution in [0.1, 0.15) is 18.1 Å². The lowest BCUT2D eigenvalue weighted by Crippen LogP contribution is -2.48. The van der Waals surface area contributed by atoms with Gasteiger partial charge < -0.3 is 9.64 Å². The van der Waals surface area contributed by atoms with E-state index in [1.54, 1.807) is 11.8 Å². The summed E-state index contributed by atoms with van der Waals surface area (Å²) in [5.41, 5.74) is 2.69. The highest BCUT2D eigenvalue weighted by atomic mass is 16.5. The van der Waals surface area contributed by atoms with Crippen LogP contribution in [-0.2, 0) is 14.3 Å². The summed E-state index contributed by atoms with van der Waals surface area (Å²) < 4.78 is 4.80. The van der Waals surface area contributed by atoms with Crippen LogP contribution in [0.25, 0.3) is 0 Å². The van der Waals surface area contributed by atoms with Crippen LogP contribution in [-0.4, -0.2) is 50.6 Å². The number of nitrogens with zero attached hydrogens (tertiary/aromatic N) is 2. The molecule has 21 heavy (non-hydrogen) atoms. The van der Waals surface area contributed by atoms with Gasteiger partial charge in [0.2, 0.25) is 5.91 Å². The maximum atomic E-state index is 12.6. The number of ether oxygens (including phenoxy) is 1. The van der Waals surface area contributed by atoms with E-state index in [1.807, 2.05) is 46.1 Å². The van der Waals surface area contributed by atoms with Crippen molar-refractivity contribution in [3.05, 3.63) is 29.3 Å². The number of rotatable bonds is 5. The van der Waals surface area contributed by atoms with Crippen molar-refractivity contribution in [2.45, 2.75) is 26.8 Å². The summed E-state index contributed by atoms with van der Waals surface area (Å²) in [7, 11) is 4.98. The number of likely N-dealkylation sites (N-methyl/N-ethyl adjacent to an activating group) is 1. The van der Waals surface area contributed by atoms with Gasteiger partial charge in [-0.2, -0.15) is 0 Å². The molecule has 0 aliphatic heterocycles. The first-order valence-corrected chi connectivity index (χ1v) is 6.90. The number of hydrogen-bond acceptors (Lipinski definition) is 4. The number of esters is 1. The Balaban J connectivity index is 3.31. The molecule has 116 valence electrons. The molecule has 1 aromatic rings. The van der Waals surface area contributed by atoms with Crippen molar-refractivity contribution in [2.75, 3.05) is 32.6 Å². The Labute approximate surface area is 126 Å². The van der Waals surface area contributed by atoms with Crippen LogP contribution < -0.4 is 4.90 Å². The van der Waals surface area contributed by atoms with Gasteiger partial charge in [0.15, 0.2) is 0 Å². The second-order valence-electron chi connectivity index (χ2n) is 5.44. The third kappa shape index (κ3) is 4.04. The van der Waals surface area contributed by atoms with Crippen molar-refractivity contribution in [3.63, 3.8) is 0 Å². The standard InChI is InChI=1S/C16H24N2O3/c1-11-8-7-9-12(2)15(11)18(13(3)16(20)21-6)14(19)10-17(4)5/h7-9,13H,10H2,1-6H3. The second kappa shape index (κ2) is 7.22. The van der Waals surface area contributed by atoms with Crippen LogP contribution in [0.2, 0.25) is 0 Å². The Morgan fingerprint density at radius 1 is 1.19 bits per heavy atom. The Kier molecular flexibility index (Phi) is 5.90. The number of anilines is 1.